The van der Waals surface area contributed by atoms with Gasteiger partial charge in [-0.3, -0.25) is 4.79 Å². The second kappa shape index (κ2) is 5.97. The van der Waals surface area contributed by atoms with Crippen molar-refractivity contribution in [3.8, 4) is 0 Å². The van der Waals surface area contributed by atoms with Gasteiger partial charge in [0.05, 0.1) is 11.9 Å². The fourth-order valence-corrected chi connectivity index (χ4v) is 1.59. The zero-order valence-electron chi connectivity index (χ0n) is 9.91. The fraction of sp³-hybridized carbons (Fsp3) is 0.231. The van der Waals surface area contributed by atoms with Crippen molar-refractivity contribution in [2.45, 2.75) is 6.42 Å². The highest BCUT2D eigenvalue weighted by molar-refractivity contribution is 5.91. The van der Waals surface area contributed by atoms with Crippen molar-refractivity contribution in [1.82, 2.24) is 14.7 Å². The number of pyridine rings is 1. The molecule has 5 nitrogen and oxygen atoms in total. The molecular formula is C13H15N3O2. The fourth-order valence-electron chi connectivity index (χ4n) is 1.59. The molecule has 0 saturated carbocycles. The van der Waals surface area contributed by atoms with Crippen LogP contribution in [0.2, 0.25) is 0 Å². The van der Waals surface area contributed by atoms with Crippen molar-refractivity contribution in [2.24, 2.45) is 0 Å². The van der Waals surface area contributed by atoms with Crippen molar-refractivity contribution in [3.63, 3.8) is 0 Å². The van der Waals surface area contributed by atoms with Crippen LogP contribution in [0.4, 0.5) is 0 Å². The third-order valence-corrected chi connectivity index (χ3v) is 2.49. The highest BCUT2D eigenvalue weighted by Gasteiger charge is 1.99. The Hall–Kier alpha value is -2.14. The van der Waals surface area contributed by atoms with E-state index in [0.29, 0.717) is 13.0 Å². The number of nitrogens with zero attached hydrogens (tertiary/aromatic N) is 2. The van der Waals surface area contributed by atoms with Gasteiger partial charge in [-0.1, -0.05) is 6.07 Å². The molecule has 0 aliphatic heterocycles. The van der Waals surface area contributed by atoms with Gasteiger partial charge < -0.3 is 14.8 Å². The molecule has 0 aliphatic carbocycles. The SMILES string of the molecule is O=C(/C=C/c1cnc2ccccn12)NCCCO. The summed E-state index contributed by atoms with van der Waals surface area (Å²) in [4.78, 5) is 15.7. The second-order valence-corrected chi connectivity index (χ2v) is 3.81. The smallest absolute Gasteiger partial charge is 0.244 e. The van der Waals surface area contributed by atoms with Gasteiger partial charge in [0.15, 0.2) is 0 Å². The van der Waals surface area contributed by atoms with Crippen LogP contribution >= 0.6 is 0 Å². The minimum atomic E-state index is -0.172. The van der Waals surface area contributed by atoms with Gasteiger partial charge in [-0.05, 0) is 24.6 Å². The van der Waals surface area contributed by atoms with Crippen molar-refractivity contribution >= 4 is 17.6 Å². The lowest BCUT2D eigenvalue weighted by atomic mass is 10.3. The standard InChI is InChI=1S/C13H15N3O2/c17-9-3-7-14-13(18)6-5-11-10-15-12-4-1-2-8-16(11)12/h1-2,4-6,8,10,17H,3,7,9H2,(H,14,18)/b6-5+. The number of nitrogens with one attached hydrogen (secondary N) is 1. The van der Waals surface area contributed by atoms with Gasteiger partial charge in [0.25, 0.3) is 0 Å². The van der Waals surface area contributed by atoms with E-state index in [1.165, 1.54) is 6.08 Å². The molecule has 0 aromatic carbocycles. The van der Waals surface area contributed by atoms with Crippen molar-refractivity contribution < 1.29 is 9.90 Å². The summed E-state index contributed by atoms with van der Waals surface area (Å²) in [5, 5.41) is 11.3. The van der Waals surface area contributed by atoms with Gasteiger partial charge >= 0.3 is 0 Å². The van der Waals surface area contributed by atoms with Crippen molar-refractivity contribution in [1.29, 1.82) is 0 Å². The molecule has 2 aromatic heterocycles. The molecule has 0 bridgehead atoms. The summed E-state index contributed by atoms with van der Waals surface area (Å²) in [7, 11) is 0. The maximum atomic E-state index is 11.4. The zero-order valence-corrected chi connectivity index (χ0v) is 9.91. The van der Waals surface area contributed by atoms with Gasteiger partial charge in [-0.2, -0.15) is 0 Å². The molecule has 2 aromatic rings. The summed E-state index contributed by atoms with van der Waals surface area (Å²) in [5.74, 6) is -0.172. The molecule has 0 radical (unpaired) electrons. The van der Waals surface area contributed by atoms with Crippen LogP contribution in [0.25, 0.3) is 11.7 Å². The Labute approximate surface area is 105 Å². The number of amides is 1. The topological polar surface area (TPSA) is 66.6 Å². The number of carbonyl (C=O) groups is 1. The number of rotatable bonds is 5. The molecule has 0 saturated heterocycles. The second-order valence-electron chi connectivity index (χ2n) is 3.81. The molecule has 94 valence electrons. The lowest BCUT2D eigenvalue weighted by molar-refractivity contribution is -0.116. The molecule has 0 aliphatic rings. The predicted molar refractivity (Wildman–Crippen MR) is 68.9 cm³/mol. The Morgan fingerprint density at radius 1 is 1.50 bits per heavy atom. The summed E-state index contributed by atoms with van der Waals surface area (Å²) < 4.78 is 1.90. The first kappa shape index (κ1) is 12.3. The van der Waals surface area contributed by atoms with Crippen molar-refractivity contribution in [2.75, 3.05) is 13.2 Å². The molecule has 0 unspecified atom stereocenters. The summed E-state index contributed by atoms with van der Waals surface area (Å²) in [5.41, 5.74) is 1.70. The quantitative estimate of drug-likeness (QED) is 0.606. The number of aromatic nitrogens is 2. The molecular weight excluding hydrogens is 230 g/mol. The minimum absolute atomic E-state index is 0.0806. The number of imidazole rings is 1. The average molecular weight is 245 g/mol. The minimum Gasteiger partial charge on any atom is -0.396 e. The Balaban J connectivity index is 2.02. The van der Waals surface area contributed by atoms with Crippen LogP contribution in [0.3, 0.4) is 0 Å². The van der Waals surface area contributed by atoms with Crippen LogP contribution in [0.15, 0.2) is 36.7 Å². The van der Waals surface area contributed by atoms with Gasteiger partial charge in [-0.25, -0.2) is 4.98 Å². The number of aliphatic hydroxyl groups excluding tert-OH is 1. The van der Waals surface area contributed by atoms with E-state index in [9.17, 15) is 4.79 Å². The largest absolute Gasteiger partial charge is 0.396 e. The van der Waals surface area contributed by atoms with E-state index < -0.39 is 0 Å². The molecule has 2 N–H and O–H groups in total. The van der Waals surface area contributed by atoms with Crippen LogP contribution in [0.5, 0.6) is 0 Å². The molecule has 18 heavy (non-hydrogen) atoms. The molecule has 0 fully saturated rings. The van der Waals surface area contributed by atoms with E-state index in [-0.39, 0.29) is 12.5 Å². The molecule has 0 atom stereocenters. The van der Waals surface area contributed by atoms with Crippen LogP contribution in [0, 0.1) is 0 Å². The zero-order chi connectivity index (χ0) is 12.8. The normalized spacial score (nSPS) is 11.2. The first-order valence-corrected chi connectivity index (χ1v) is 5.80. The maximum Gasteiger partial charge on any atom is 0.244 e. The van der Waals surface area contributed by atoms with Crippen LogP contribution in [-0.4, -0.2) is 33.6 Å². The van der Waals surface area contributed by atoms with Crippen LogP contribution < -0.4 is 5.32 Å². The number of fused-ring (bicyclic) bond motifs is 1. The highest BCUT2D eigenvalue weighted by Crippen LogP contribution is 2.07. The number of aliphatic hydroxyl groups is 1. The Bertz CT molecular complexity index is 560. The lowest BCUT2D eigenvalue weighted by Crippen LogP contribution is -2.22. The van der Waals surface area contributed by atoms with Gasteiger partial charge in [0.1, 0.15) is 5.65 Å². The molecule has 5 heteroatoms. The molecule has 1 amide bonds. The van der Waals surface area contributed by atoms with E-state index >= 15 is 0 Å². The van der Waals surface area contributed by atoms with E-state index in [2.05, 4.69) is 10.3 Å². The Kier molecular flexibility index (Phi) is 4.09. The summed E-state index contributed by atoms with van der Waals surface area (Å²) in [6.45, 7) is 0.560. The number of carbonyl (C=O) groups excluding carboxylic acids is 1. The number of hydrogen-bond donors (Lipinski definition) is 2. The Morgan fingerprint density at radius 2 is 2.39 bits per heavy atom. The number of hydrogen-bond acceptors (Lipinski definition) is 3. The third kappa shape index (κ3) is 2.95. The summed E-state index contributed by atoms with van der Waals surface area (Å²) >= 11 is 0. The highest BCUT2D eigenvalue weighted by atomic mass is 16.3. The first-order valence-electron chi connectivity index (χ1n) is 5.80. The molecule has 2 rings (SSSR count). The van der Waals surface area contributed by atoms with E-state index in [4.69, 9.17) is 5.11 Å². The van der Waals surface area contributed by atoms with Crippen molar-refractivity contribution in [3.05, 3.63) is 42.4 Å². The molecule has 2 heterocycles. The summed E-state index contributed by atoms with van der Waals surface area (Å²) in [6, 6.07) is 5.73. The Morgan fingerprint density at radius 3 is 3.22 bits per heavy atom. The predicted octanol–water partition coefficient (Wildman–Crippen LogP) is 0.846. The maximum absolute atomic E-state index is 11.4. The summed E-state index contributed by atoms with van der Waals surface area (Å²) in [6.07, 6.45) is 7.36. The molecule has 0 spiro atoms. The van der Waals surface area contributed by atoms with Crippen LogP contribution in [0.1, 0.15) is 12.1 Å². The third-order valence-electron chi connectivity index (χ3n) is 2.49. The monoisotopic (exact) mass is 245 g/mol. The lowest BCUT2D eigenvalue weighted by Gasteiger charge is -1.99. The first-order chi connectivity index (χ1) is 8.81. The van der Waals surface area contributed by atoms with Gasteiger partial charge in [-0.15, -0.1) is 0 Å². The van der Waals surface area contributed by atoms with Crippen LogP contribution in [-0.2, 0) is 4.79 Å². The van der Waals surface area contributed by atoms with E-state index in [0.717, 1.165) is 11.3 Å². The average Bonchev–Trinajstić information content (AvgIpc) is 2.80. The van der Waals surface area contributed by atoms with E-state index in [1.54, 1.807) is 12.3 Å². The van der Waals surface area contributed by atoms with E-state index in [1.807, 2.05) is 28.8 Å². The van der Waals surface area contributed by atoms with Gasteiger partial charge in [0.2, 0.25) is 5.91 Å². The van der Waals surface area contributed by atoms with Gasteiger partial charge in [0, 0.05) is 25.4 Å².